The van der Waals surface area contributed by atoms with Gasteiger partial charge in [-0.2, -0.15) is 0 Å². The number of ketones is 1. The molecule has 0 saturated carbocycles. The molecule has 0 aliphatic heterocycles. The van der Waals surface area contributed by atoms with Crippen molar-refractivity contribution in [1.29, 1.82) is 0 Å². The van der Waals surface area contributed by atoms with Crippen LogP contribution in [-0.2, 0) is 28.6 Å². The third-order valence-electron chi connectivity index (χ3n) is 3.14. The number of esters is 2. The molecule has 0 radical (unpaired) electrons. The number of ether oxygens (including phenoxy) is 3. The van der Waals surface area contributed by atoms with E-state index in [0.717, 1.165) is 0 Å². The second kappa shape index (κ2) is 9.19. The zero-order chi connectivity index (χ0) is 21.6. The molecule has 0 heterocycles. The highest BCUT2D eigenvalue weighted by molar-refractivity contribution is 5.94. The summed E-state index contributed by atoms with van der Waals surface area (Å²) in [6, 6.07) is -1.12. The van der Waals surface area contributed by atoms with E-state index in [4.69, 9.17) is 14.2 Å². The van der Waals surface area contributed by atoms with Crippen molar-refractivity contribution in [2.45, 2.75) is 80.4 Å². The van der Waals surface area contributed by atoms with Crippen molar-refractivity contribution in [3.8, 4) is 0 Å². The molecule has 0 aliphatic carbocycles. The van der Waals surface area contributed by atoms with Gasteiger partial charge in [0.1, 0.15) is 11.6 Å². The average molecular weight is 387 g/mol. The molecule has 0 saturated heterocycles. The first kappa shape index (κ1) is 24.9. The molecule has 1 unspecified atom stereocenters. The smallest absolute Gasteiger partial charge is 0.408 e. The van der Waals surface area contributed by atoms with Crippen molar-refractivity contribution < 1.29 is 33.4 Å². The molecule has 1 N–H and O–H groups in total. The number of hydrogen-bond acceptors (Lipinski definition) is 7. The monoisotopic (exact) mass is 387 g/mol. The largest absolute Gasteiger partial charge is 0.444 e. The Morgan fingerprint density at radius 3 is 1.74 bits per heavy atom. The van der Waals surface area contributed by atoms with Gasteiger partial charge in [-0.3, -0.25) is 14.4 Å². The SMILES string of the molecule is CC(C)(C)OC(=O)NC(CC(=O)OCOC(=O)C(C)(C)C)C(=O)C(C)(C)C. The molecule has 0 aliphatic rings. The lowest BCUT2D eigenvalue weighted by molar-refractivity contribution is -0.173. The maximum absolute atomic E-state index is 12.6. The fourth-order valence-corrected chi connectivity index (χ4v) is 1.77. The standard InChI is InChI=1S/C19H33NO7/c1-17(2,3)14(22)12(20-16(24)27-19(7,8)9)10-13(21)25-11-26-15(23)18(4,5)6/h12H,10-11H2,1-9H3,(H,20,24). The zero-order valence-electron chi connectivity index (χ0n) is 17.8. The van der Waals surface area contributed by atoms with Gasteiger partial charge in [-0.15, -0.1) is 0 Å². The highest BCUT2D eigenvalue weighted by Gasteiger charge is 2.34. The van der Waals surface area contributed by atoms with Crippen LogP contribution in [-0.4, -0.2) is 42.3 Å². The Hall–Kier alpha value is -2.12. The van der Waals surface area contributed by atoms with Gasteiger partial charge in [0, 0.05) is 5.41 Å². The van der Waals surface area contributed by atoms with Crippen LogP contribution >= 0.6 is 0 Å². The molecule has 0 bridgehead atoms. The summed E-state index contributed by atoms with van der Waals surface area (Å²) in [6.07, 6.45) is -1.21. The first-order chi connectivity index (χ1) is 11.9. The van der Waals surface area contributed by atoms with E-state index in [-0.39, 0.29) is 5.78 Å². The second-order valence-electron chi connectivity index (χ2n) is 9.33. The summed E-state index contributed by atoms with van der Waals surface area (Å²) >= 11 is 0. The van der Waals surface area contributed by atoms with Crippen LogP contribution < -0.4 is 5.32 Å². The number of amides is 1. The predicted octanol–water partition coefficient (Wildman–Crippen LogP) is 2.98. The normalized spacial score (nSPS) is 13.4. The van der Waals surface area contributed by atoms with Crippen LogP contribution in [0.3, 0.4) is 0 Å². The topological polar surface area (TPSA) is 108 Å². The molecule has 0 aromatic heterocycles. The molecule has 156 valence electrons. The minimum absolute atomic E-state index is 0.350. The van der Waals surface area contributed by atoms with Crippen molar-refractivity contribution in [3.63, 3.8) is 0 Å². The lowest BCUT2D eigenvalue weighted by atomic mass is 9.85. The summed E-state index contributed by atoms with van der Waals surface area (Å²) in [6.45, 7) is 14.5. The van der Waals surface area contributed by atoms with Crippen LogP contribution in [0.5, 0.6) is 0 Å². The molecular weight excluding hydrogens is 354 g/mol. The molecule has 8 nitrogen and oxygen atoms in total. The molecule has 27 heavy (non-hydrogen) atoms. The average Bonchev–Trinajstić information content (AvgIpc) is 2.41. The summed E-state index contributed by atoms with van der Waals surface area (Å²) in [5.74, 6) is -1.66. The maximum atomic E-state index is 12.6. The molecule has 0 fully saturated rings. The van der Waals surface area contributed by atoms with Crippen LogP contribution in [0.25, 0.3) is 0 Å². The molecule has 0 aromatic rings. The fraction of sp³-hybridized carbons (Fsp3) is 0.789. The lowest BCUT2D eigenvalue weighted by Gasteiger charge is -2.26. The third kappa shape index (κ3) is 10.6. The zero-order valence-corrected chi connectivity index (χ0v) is 17.8. The summed E-state index contributed by atoms with van der Waals surface area (Å²) in [4.78, 5) is 48.2. The number of carbonyl (C=O) groups is 4. The van der Waals surface area contributed by atoms with E-state index in [9.17, 15) is 19.2 Å². The number of Topliss-reactive ketones (excluding diaryl/α,β-unsaturated/α-hetero) is 1. The highest BCUT2D eigenvalue weighted by Crippen LogP contribution is 2.19. The van der Waals surface area contributed by atoms with Crippen molar-refractivity contribution in [2.24, 2.45) is 10.8 Å². The van der Waals surface area contributed by atoms with Crippen LogP contribution in [0.2, 0.25) is 0 Å². The Bertz CT molecular complexity index is 562. The van der Waals surface area contributed by atoms with Gasteiger partial charge in [-0.25, -0.2) is 4.79 Å². The van der Waals surface area contributed by atoms with Crippen LogP contribution in [0.4, 0.5) is 4.79 Å². The summed E-state index contributed by atoms with van der Waals surface area (Å²) < 4.78 is 14.9. The first-order valence-corrected chi connectivity index (χ1v) is 8.80. The van der Waals surface area contributed by atoms with E-state index in [0.29, 0.717) is 0 Å². The number of hydrogen-bond donors (Lipinski definition) is 1. The second-order valence-corrected chi connectivity index (χ2v) is 9.33. The van der Waals surface area contributed by atoms with Crippen LogP contribution in [0.15, 0.2) is 0 Å². The number of alkyl carbamates (subject to hydrolysis) is 1. The lowest BCUT2D eigenvalue weighted by Crippen LogP contribution is -2.48. The van der Waals surface area contributed by atoms with E-state index in [1.807, 2.05) is 0 Å². The van der Waals surface area contributed by atoms with Crippen LogP contribution in [0, 0.1) is 10.8 Å². The van der Waals surface area contributed by atoms with Crippen molar-refractivity contribution in [1.82, 2.24) is 5.32 Å². The Morgan fingerprint density at radius 1 is 0.815 bits per heavy atom. The van der Waals surface area contributed by atoms with Crippen LogP contribution in [0.1, 0.15) is 68.7 Å². The molecule has 0 rings (SSSR count). The van der Waals surface area contributed by atoms with E-state index in [2.05, 4.69) is 5.32 Å². The van der Waals surface area contributed by atoms with Gasteiger partial charge in [0.2, 0.25) is 6.79 Å². The van der Waals surface area contributed by atoms with Crippen molar-refractivity contribution >= 4 is 23.8 Å². The Kier molecular flexibility index (Phi) is 8.47. The van der Waals surface area contributed by atoms with Gasteiger partial charge in [0.25, 0.3) is 0 Å². The minimum atomic E-state index is -1.12. The first-order valence-electron chi connectivity index (χ1n) is 8.80. The fourth-order valence-electron chi connectivity index (χ4n) is 1.77. The van der Waals surface area contributed by atoms with Gasteiger partial charge < -0.3 is 19.5 Å². The van der Waals surface area contributed by atoms with E-state index >= 15 is 0 Å². The number of nitrogens with one attached hydrogen (secondary N) is 1. The quantitative estimate of drug-likeness (QED) is 0.551. The molecule has 0 spiro atoms. The predicted molar refractivity (Wildman–Crippen MR) is 98.7 cm³/mol. The Labute approximate surface area is 161 Å². The van der Waals surface area contributed by atoms with Gasteiger partial charge >= 0.3 is 18.0 Å². The number of rotatable bonds is 6. The maximum Gasteiger partial charge on any atom is 0.408 e. The molecule has 1 atom stereocenters. The minimum Gasteiger partial charge on any atom is -0.444 e. The Morgan fingerprint density at radius 2 is 1.33 bits per heavy atom. The van der Waals surface area contributed by atoms with Gasteiger partial charge in [-0.1, -0.05) is 20.8 Å². The highest BCUT2D eigenvalue weighted by atomic mass is 16.7. The molecule has 0 aromatic carbocycles. The van der Waals surface area contributed by atoms with E-state index in [1.54, 1.807) is 62.3 Å². The van der Waals surface area contributed by atoms with Crippen molar-refractivity contribution in [2.75, 3.05) is 6.79 Å². The summed E-state index contributed by atoms with van der Waals surface area (Å²) in [5.41, 5.74) is -2.27. The van der Waals surface area contributed by atoms with E-state index < -0.39 is 53.7 Å². The molecule has 1 amide bonds. The van der Waals surface area contributed by atoms with Gasteiger partial charge in [-0.05, 0) is 41.5 Å². The van der Waals surface area contributed by atoms with E-state index in [1.165, 1.54) is 0 Å². The number of carbonyl (C=O) groups excluding carboxylic acids is 4. The molecule has 8 heteroatoms. The van der Waals surface area contributed by atoms with Crippen molar-refractivity contribution in [3.05, 3.63) is 0 Å². The summed E-state index contributed by atoms with van der Waals surface area (Å²) in [5, 5.41) is 2.41. The van der Waals surface area contributed by atoms with Gasteiger partial charge in [0.15, 0.2) is 5.78 Å². The summed E-state index contributed by atoms with van der Waals surface area (Å²) in [7, 11) is 0. The Balaban J connectivity index is 4.90. The third-order valence-corrected chi connectivity index (χ3v) is 3.14. The molecular formula is C19H33NO7. The van der Waals surface area contributed by atoms with Gasteiger partial charge in [0.05, 0.1) is 11.8 Å².